The number of halogens is 1. The fraction of sp³-hybridized carbons (Fsp3) is 0. The van der Waals surface area contributed by atoms with Crippen molar-refractivity contribution in [1.29, 1.82) is 0 Å². The zero-order valence-corrected chi connectivity index (χ0v) is 7.09. The second kappa shape index (κ2) is 3.18. The summed E-state index contributed by atoms with van der Waals surface area (Å²) in [5.74, 6) is 0. The highest BCUT2D eigenvalue weighted by atomic mass is 79.9. The summed E-state index contributed by atoms with van der Waals surface area (Å²) < 4.78 is 0.830. The Balaban J connectivity index is 3.34. The van der Waals surface area contributed by atoms with Gasteiger partial charge in [0.15, 0.2) is 11.4 Å². The van der Waals surface area contributed by atoms with Gasteiger partial charge < -0.3 is 0 Å². The van der Waals surface area contributed by atoms with Crippen molar-refractivity contribution in [2.24, 2.45) is 0 Å². The van der Waals surface area contributed by atoms with Crippen molar-refractivity contribution in [3.63, 3.8) is 0 Å². The minimum Gasteiger partial charge on any atom is -0.250 e. The predicted octanol–water partition coefficient (Wildman–Crippen LogP) is 3.55. The molecule has 52 valence electrons. The summed E-state index contributed by atoms with van der Waals surface area (Å²) >= 11 is 3.22. The SMILES string of the molecule is [C-]#[N+]c1ccc(Br)cc1[N+]#[C-]. The van der Waals surface area contributed by atoms with Crippen molar-refractivity contribution < 1.29 is 0 Å². The van der Waals surface area contributed by atoms with Gasteiger partial charge in [0.25, 0.3) is 0 Å². The van der Waals surface area contributed by atoms with Gasteiger partial charge in [0.05, 0.1) is 13.1 Å². The molecule has 0 aromatic heterocycles. The van der Waals surface area contributed by atoms with Crippen LogP contribution < -0.4 is 0 Å². The van der Waals surface area contributed by atoms with Crippen LogP contribution in [0.25, 0.3) is 9.69 Å². The molecule has 1 aromatic rings. The molecule has 11 heavy (non-hydrogen) atoms. The summed E-state index contributed by atoms with van der Waals surface area (Å²) in [6, 6.07) is 5.02. The van der Waals surface area contributed by atoms with E-state index in [1.54, 1.807) is 18.2 Å². The molecule has 0 heterocycles. The van der Waals surface area contributed by atoms with Crippen LogP contribution in [0.3, 0.4) is 0 Å². The minimum absolute atomic E-state index is 0.398. The molecule has 0 atom stereocenters. The average molecular weight is 207 g/mol. The Labute approximate surface area is 73.2 Å². The third-order valence-corrected chi connectivity index (χ3v) is 1.67. The summed E-state index contributed by atoms with van der Waals surface area (Å²) in [6.07, 6.45) is 0. The fourth-order valence-corrected chi connectivity index (χ4v) is 1.03. The number of rotatable bonds is 0. The van der Waals surface area contributed by atoms with E-state index in [1.807, 2.05) is 0 Å². The monoisotopic (exact) mass is 206 g/mol. The van der Waals surface area contributed by atoms with Crippen LogP contribution in [0.2, 0.25) is 0 Å². The fourth-order valence-electron chi connectivity index (χ4n) is 0.681. The second-order valence-electron chi connectivity index (χ2n) is 1.86. The van der Waals surface area contributed by atoms with Crippen LogP contribution >= 0.6 is 15.9 Å². The maximum absolute atomic E-state index is 6.75. The van der Waals surface area contributed by atoms with E-state index in [2.05, 4.69) is 25.6 Å². The summed E-state index contributed by atoms with van der Waals surface area (Å²) in [5.41, 5.74) is 0.803. The highest BCUT2D eigenvalue weighted by Gasteiger charge is 2.00. The molecule has 0 radical (unpaired) electrons. The zero-order valence-electron chi connectivity index (χ0n) is 5.50. The van der Waals surface area contributed by atoms with Crippen molar-refractivity contribution in [1.82, 2.24) is 0 Å². The number of nitrogens with zero attached hydrogens (tertiary/aromatic N) is 2. The molecule has 0 aliphatic rings. The maximum Gasteiger partial charge on any atom is 0.195 e. The summed E-state index contributed by atoms with van der Waals surface area (Å²) in [7, 11) is 0. The quantitative estimate of drug-likeness (QED) is 0.575. The topological polar surface area (TPSA) is 8.72 Å². The van der Waals surface area contributed by atoms with Crippen LogP contribution in [0.15, 0.2) is 22.7 Å². The van der Waals surface area contributed by atoms with E-state index in [0.29, 0.717) is 11.4 Å². The Morgan fingerprint density at radius 3 is 2.27 bits per heavy atom. The van der Waals surface area contributed by atoms with Gasteiger partial charge in [-0.15, -0.1) is 0 Å². The first kappa shape index (κ1) is 7.78. The van der Waals surface area contributed by atoms with E-state index < -0.39 is 0 Å². The Morgan fingerprint density at radius 2 is 1.73 bits per heavy atom. The van der Waals surface area contributed by atoms with Crippen molar-refractivity contribution in [3.05, 3.63) is 45.5 Å². The molecular weight excluding hydrogens is 204 g/mol. The maximum atomic E-state index is 6.75. The highest BCUT2D eigenvalue weighted by molar-refractivity contribution is 9.10. The van der Waals surface area contributed by atoms with Gasteiger partial charge in [-0.2, -0.15) is 0 Å². The zero-order chi connectivity index (χ0) is 8.27. The molecule has 0 saturated heterocycles. The van der Waals surface area contributed by atoms with Gasteiger partial charge in [-0.1, -0.05) is 34.1 Å². The molecule has 1 aromatic carbocycles. The van der Waals surface area contributed by atoms with E-state index in [-0.39, 0.29) is 0 Å². The van der Waals surface area contributed by atoms with Crippen LogP contribution in [-0.4, -0.2) is 0 Å². The molecule has 1 rings (SSSR count). The molecule has 0 amide bonds. The molecule has 0 spiro atoms. The largest absolute Gasteiger partial charge is 0.250 e. The Hall–Kier alpha value is -1.32. The first-order valence-corrected chi connectivity index (χ1v) is 3.61. The Bertz CT molecular complexity index is 357. The van der Waals surface area contributed by atoms with Crippen molar-refractivity contribution in [3.8, 4) is 0 Å². The van der Waals surface area contributed by atoms with Gasteiger partial charge >= 0.3 is 0 Å². The molecule has 0 aliphatic heterocycles. The second-order valence-corrected chi connectivity index (χ2v) is 2.77. The molecule has 0 fully saturated rings. The molecule has 0 bridgehead atoms. The van der Waals surface area contributed by atoms with E-state index in [4.69, 9.17) is 13.1 Å². The van der Waals surface area contributed by atoms with Gasteiger partial charge in [0.2, 0.25) is 0 Å². The molecule has 2 nitrogen and oxygen atoms in total. The normalized spacial score (nSPS) is 8.27. The average Bonchev–Trinajstić information content (AvgIpc) is 2.04. The van der Waals surface area contributed by atoms with Crippen molar-refractivity contribution >= 4 is 27.3 Å². The van der Waals surface area contributed by atoms with Gasteiger partial charge in [-0.3, -0.25) is 9.69 Å². The van der Waals surface area contributed by atoms with E-state index in [0.717, 1.165) is 4.47 Å². The highest BCUT2D eigenvalue weighted by Crippen LogP contribution is 2.30. The lowest BCUT2D eigenvalue weighted by Crippen LogP contribution is -1.64. The van der Waals surface area contributed by atoms with Crippen molar-refractivity contribution in [2.45, 2.75) is 0 Å². The summed E-state index contributed by atoms with van der Waals surface area (Å²) in [5, 5.41) is 0. The van der Waals surface area contributed by atoms with Crippen LogP contribution in [0.5, 0.6) is 0 Å². The van der Waals surface area contributed by atoms with Crippen LogP contribution in [-0.2, 0) is 0 Å². The van der Waals surface area contributed by atoms with Gasteiger partial charge in [0.1, 0.15) is 0 Å². The lowest BCUT2D eigenvalue weighted by molar-refractivity contribution is 1.67. The lowest BCUT2D eigenvalue weighted by atomic mass is 10.3. The third-order valence-electron chi connectivity index (χ3n) is 1.18. The summed E-state index contributed by atoms with van der Waals surface area (Å²) in [4.78, 5) is 6.41. The first-order valence-electron chi connectivity index (χ1n) is 2.82. The summed E-state index contributed by atoms with van der Waals surface area (Å²) in [6.45, 7) is 13.5. The standard InChI is InChI=1S/C8H3BrN2/c1-10-7-4-3-6(9)5-8(7)11-2/h3-5H. The van der Waals surface area contributed by atoms with Crippen LogP contribution in [0.4, 0.5) is 11.4 Å². The molecule has 3 heteroatoms. The van der Waals surface area contributed by atoms with E-state index >= 15 is 0 Å². The van der Waals surface area contributed by atoms with Crippen molar-refractivity contribution in [2.75, 3.05) is 0 Å². The number of hydrogen-bond donors (Lipinski definition) is 0. The Morgan fingerprint density at radius 1 is 1.09 bits per heavy atom. The van der Waals surface area contributed by atoms with Gasteiger partial charge in [-0.05, 0) is 0 Å². The molecule has 0 aliphatic carbocycles. The third kappa shape index (κ3) is 1.58. The van der Waals surface area contributed by atoms with Crippen LogP contribution in [0.1, 0.15) is 0 Å². The predicted molar refractivity (Wildman–Crippen MR) is 46.7 cm³/mol. The molecular formula is C8H3BrN2. The molecule has 0 unspecified atom stereocenters. The number of hydrogen-bond acceptors (Lipinski definition) is 0. The molecule has 0 saturated carbocycles. The van der Waals surface area contributed by atoms with Gasteiger partial charge in [0, 0.05) is 4.47 Å². The molecule has 0 N–H and O–H groups in total. The van der Waals surface area contributed by atoms with E-state index in [1.165, 1.54) is 0 Å². The smallest absolute Gasteiger partial charge is 0.195 e. The Kier molecular flexibility index (Phi) is 2.25. The van der Waals surface area contributed by atoms with Crippen LogP contribution in [0, 0.1) is 13.1 Å². The minimum atomic E-state index is 0.398. The number of benzene rings is 1. The van der Waals surface area contributed by atoms with E-state index in [9.17, 15) is 0 Å². The van der Waals surface area contributed by atoms with Gasteiger partial charge in [-0.25, -0.2) is 0 Å². The lowest BCUT2D eigenvalue weighted by Gasteiger charge is -1.93. The first-order chi connectivity index (χ1) is 5.27.